The predicted molar refractivity (Wildman–Crippen MR) is 84.6 cm³/mol. The average molecular weight is 310 g/mol. The minimum atomic E-state index is 0.484. The van der Waals surface area contributed by atoms with Gasteiger partial charge in [-0.05, 0) is 30.6 Å². The standard InChI is InChI=1S/C15H31N7/c16-20-5-2-10-3-6-22(18)15(12(10)7-20)11-1-4-19-14-9-21(17)8-13(11)14/h10-15,19H,1-9,16-18H2/p+1. The van der Waals surface area contributed by atoms with E-state index in [0.29, 0.717) is 29.8 Å². The molecule has 8 N–H and O–H groups in total. The Morgan fingerprint density at radius 2 is 1.55 bits per heavy atom. The van der Waals surface area contributed by atoms with Crippen molar-refractivity contribution in [1.82, 2.24) is 15.0 Å². The molecule has 22 heavy (non-hydrogen) atoms. The van der Waals surface area contributed by atoms with Crippen LogP contribution in [0.5, 0.6) is 0 Å². The van der Waals surface area contributed by atoms with Crippen molar-refractivity contribution in [3.05, 3.63) is 0 Å². The number of nitrogens with zero attached hydrogens (tertiary/aromatic N) is 3. The molecule has 0 aromatic rings. The molecule has 7 heteroatoms. The molecular formula is C15H32N7+. The molecule has 0 aromatic carbocycles. The highest BCUT2D eigenvalue weighted by Gasteiger charge is 2.51. The molecule has 4 saturated heterocycles. The summed E-state index contributed by atoms with van der Waals surface area (Å²) in [6.45, 7) is 6.36. The van der Waals surface area contributed by atoms with Gasteiger partial charge in [0.05, 0.1) is 13.1 Å². The third-order valence-corrected chi connectivity index (χ3v) is 6.82. The third-order valence-electron chi connectivity index (χ3n) is 6.82. The van der Waals surface area contributed by atoms with Gasteiger partial charge in [-0.25, -0.2) is 15.0 Å². The second kappa shape index (κ2) is 5.98. The van der Waals surface area contributed by atoms with Crippen LogP contribution in [0.25, 0.3) is 0 Å². The van der Waals surface area contributed by atoms with Crippen LogP contribution in [-0.4, -0.2) is 66.4 Å². The topological polar surface area (TPSA) is 104 Å². The molecule has 4 fully saturated rings. The van der Waals surface area contributed by atoms with E-state index in [-0.39, 0.29) is 0 Å². The highest BCUT2D eigenvalue weighted by Crippen LogP contribution is 2.41. The summed E-state index contributed by atoms with van der Waals surface area (Å²) in [5, 5.41) is 8.70. The first kappa shape index (κ1) is 15.3. The molecule has 0 radical (unpaired) electrons. The maximum Gasteiger partial charge on any atom is 0.105 e. The second-order valence-electron chi connectivity index (χ2n) is 7.98. The van der Waals surface area contributed by atoms with Crippen LogP contribution in [0.2, 0.25) is 0 Å². The summed E-state index contributed by atoms with van der Waals surface area (Å²) in [5.74, 6) is 21.6. The van der Waals surface area contributed by atoms with Crippen molar-refractivity contribution in [2.45, 2.75) is 31.3 Å². The van der Waals surface area contributed by atoms with Gasteiger partial charge in [0, 0.05) is 44.6 Å². The Balaban J connectivity index is 1.57. The summed E-state index contributed by atoms with van der Waals surface area (Å²) in [6, 6.07) is 1.15. The lowest BCUT2D eigenvalue weighted by Crippen LogP contribution is -2.94. The predicted octanol–water partition coefficient (Wildman–Crippen LogP) is -2.50. The van der Waals surface area contributed by atoms with Crippen LogP contribution in [0.4, 0.5) is 0 Å². The Bertz CT molecular complexity index is 403. The number of quaternary nitrogens is 1. The van der Waals surface area contributed by atoms with Gasteiger partial charge < -0.3 is 5.32 Å². The lowest BCUT2D eigenvalue weighted by molar-refractivity contribution is -0.703. The first-order chi connectivity index (χ1) is 10.6. The monoisotopic (exact) mass is 310 g/mol. The van der Waals surface area contributed by atoms with E-state index < -0.39 is 0 Å². The maximum atomic E-state index is 6.50. The van der Waals surface area contributed by atoms with Gasteiger partial charge in [-0.3, -0.25) is 17.5 Å². The summed E-state index contributed by atoms with van der Waals surface area (Å²) in [4.78, 5) is 0. The van der Waals surface area contributed by atoms with Crippen molar-refractivity contribution in [2.24, 2.45) is 41.2 Å². The Hall–Kier alpha value is -0.280. The molecule has 7 nitrogen and oxygen atoms in total. The smallest absolute Gasteiger partial charge is 0.105 e. The van der Waals surface area contributed by atoms with Crippen molar-refractivity contribution in [1.29, 1.82) is 0 Å². The van der Waals surface area contributed by atoms with Gasteiger partial charge in [-0.15, -0.1) is 0 Å². The number of hydrogen-bond acceptors (Lipinski definition) is 6. The highest BCUT2D eigenvalue weighted by molar-refractivity contribution is 5.00. The van der Waals surface area contributed by atoms with E-state index >= 15 is 0 Å². The normalized spacial score (nSPS) is 48.1. The number of rotatable bonds is 1. The van der Waals surface area contributed by atoms with Gasteiger partial charge in [0.1, 0.15) is 6.04 Å². The summed E-state index contributed by atoms with van der Waals surface area (Å²) in [6.07, 6.45) is 3.74. The van der Waals surface area contributed by atoms with Gasteiger partial charge in [0.2, 0.25) is 0 Å². The Labute approximate surface area is 133 Å². The zero-order valence-corrected chi connectivity index (χ0v) is 13.5. The van der Waals surface area contributed by atoms with Crippen molar-refractivity contribution < 1.29 is 5.32 Å². The summed E-state index contributed by atoms with van der Waals surface area (Å²) in [7, 11) is 0. The molecule has 0 bridgehead atoms. The van der Waals surface area contributed by atoms with Crippen LogP contribution in [-0.2, 0) is 0 Å². The van der Waals surface area contributed by atoms with E-state index in [4.69, 9.17) is 17.5 Å². The fourth-order valence-electron chi connectivity index (χ4n) is 5.81. The maximum absolute atomic E-state index is 6.50. The van der Waals surface area contributed by atoms with E-state index in [1.54, 1.807) is 0 Å². The van der Waals surface area contributed by atoms with E-state index in [1.165, 1.54) is 25.8 Å². The Morgan fingerprint density at radius 3 is 2.41 bits per heavy atom. The first-order valence-corrected chi connectivity index (χ1v) is 8.97. The molecule has 6 unspecified atom stereocenters. The van der Waals surface area contributed by atoms with E-state index in [9.17, 15) is 0 Å². The molecule has 4 aliphatic heterocycles. The quantitative estimate of drug-likeness (QED) is 0.399. The molecule has 0 aromatic heterocycles. The van der Waals surface area contributed by atoms with Crippen molar-refractivity contribution >= 4 is 0 Å². The number of nitrogens with two attached hydrogens (primary N) is 4. The zero-order chi connectivity index (χ0) is 15.3. The van der Waals surface area contributed by atoms with E-state index in [1.807, 2.05) is 10.0 Å². The van der Waals surface area contributed by atoms with E-state index in [2.05, 4.69) is 10.3 Å². The number of hydrogen-bond donors (Lipinski definition) is 4. The van der Waals surface area contributed by atoms with Crippen LogP contribution in [0.15, 0.2) is 0 Å². The Morgan fingerprint density at radius 1 is 0.773 bits per heavy atom. The third kappa shape index (κ3) is 2.58. The minimum Gasteiger partial charge on any atom is -0.342 e. The van der Waals surface area contributed by atoms with Crippen molar-refractivity contribution in [2.75, 3.05) is 39.3 Å². The molecule has 126 valence electrons. The lowest BCUT2D eigenvalue weighted by Gasteiger charge is -2.52. The molecule has 4 rings (SSSR count). The summed E-state index contributed by atoms with van der Waals surface area (Å²) >= 11 is 0. The number of hydrazine groups is 3. The average Bonchev–Trinajstić information content (AvgIpc) is 2.87. The first-order valence-electron chi connectivity index (χ1n) is 8.97. The van der Waals surface area contributed by atoms with Crippen LogP contribution < -0.4 is 22.8 Å². The Kier molecular flexibility index (Phi) is 4.14. The largest absolute Gasteiger partial charge is 0.342 e. The molecule has 4 aliphatic rings. The molecule has 4 heterocycles. The van der Waals surface area contributed by atoms with Gasteiger partial charge in [-0.1, -0.05) is 0 Å². The fourth-order valence-corrected chi connectivity index (χ4v) is 5.81. The highest BCUT2D eigenvalue weighted by atomic mass is 15.5. The van der Waals surface area contributed by atoms with Gasteiger partial charge in [-0.2, -0.15) is 0 Å². The summed E-state index contributed by atoms with van der Waals surface area (Å²) in [5.41, 5.74) is 0. The molecule has 0 spiro atoms. The van der Waals surface area contributed by atoms with Gasteiger partial charge >= 0.3 is 0 Å². The van der Waals surface area contributed by atoms with Crippen LogP contribution >= 0.6 is 0 Å². The van der Waals surface area contributed by atoms with Gasteiger partial charge in [0.15, 0.2) is 0 Å². The SMILES string of the molecule is NN1CC2[NH2+]CCC(C3C4CN(N)CCC4CCN3N)C2C1. The zero-order valence-electron chi connectivity index (χ0n) is 13.5. The lowest BCUT2D eigenvalue weighted by atomic mass is 9.66. The van der Waals surface area contributed by atoms with Crippen LogP contribution in [0, 0.1) is 23.7 Å². The molecular weight excluding hydrogens is 278 g/mol. The minimum absolute atomic E-state index is 0.484. The molecule has 0 amide bonds. The van der Waals surface area contributed by atoms with Crippen molar-refractivity contribution in [3.63, 3.8) is 0 Å². The summed E-state index contributed by atoms with van der Waals surface area (Å²) < 4.78 is 0. The molecule has 0 saturated carbocycles. The second-order valence-corrected chi connectivity index (χ2v) is 7.98. The number of piperidine rings is 3. The molecule has 6 atom stereocenters. The van der Waals surface area contributed by atoms with Crippen LogP contribution in [0.3, 0.4) is 0 Å². The van der Waals surface area contributed by atoms with Crippen LogP contribution in [0.1, 0.15) is 19.3 Å². The van der Waals surface area contributed by atoms with Gasteiger partial charge in [0.25, 0.3) is 0 Å². The fraction of sp³-hybridized carbons (Fsp3) is 1.00. The van der Waals surface area contributed by atoms with E-state index in [0.717, 1.165) is 38.6 Å². The number of fused-ring (bicyclic) bond motifs is 2. The molecule has 0 aliphatic carbocycles. The van der Waals surface area contributed by atoms with Crippen molar-refractivity contribution in [3.8, 4) is 0 Å².